The molecule has 0 saturated carbocycles. The third kappa shape index (κ3) is 2.84. The summed E-state index contributed by atoms with van der Waals surface area (Å²) in [5.74, 6) is 0. The molecule has 0 aliphatic heterocycles. The van der Waals surface area contributed by atoms with Gasteiger partial charge in [0.1, 0.15) is 0 Å². The van der Waals surface area contributed by atoms with Crippen molar-refractivity contribution in [3.05, 3.63) is 35.9 Å². The highest BCUT2D eigenvalue weighted by Gasteiger charge is 2.00. The fraction of sp³-hybridized carbons (Fsp3) is 0.300. The van der Waals surface area contributed by atoms with Gasteiger partial charge in [-0.1, -0.05) is 30.3 Å². The first-order valence-electron chi connectivity index (χ1n) is 4.00. The average molecular weight is 162 g/mol. The van der Waals surface area contributed by atoms with E-state index in [1.165, 1.54) is 5.56 Å². The largest absolute Gasteiger partial charge is 0.321 e. The predicted octanol–water partition coefficient (Wildman–Crippen LogP) is 1.06. The third-order valence-electron chi connectivity index (χ3n) is 1.74. The van der Waals surface area contributed by atoms with Gasteiger partial charge in [-0.05, 0) is 18.4 Å². The summed E-state index contributed by atoms with van der Waals surface area (Å²) in [6.45, 7) is 0. The van der Waals surface area contributed by atoms with E-state index < -0.39 is 6.04 Å². The maximum absolute atomic E-state index is 10.1. The molecule has 2 N–H and O–H groups in total. The maximum Gasteiger partial charge on any atom is 0.216 e. The van der Waals surface area contributed by atoms with Gasteiger partial charge in [0.05, 0.1) is 6.04 Å². The Labute approximate surface area is 72.4 Å². The molecule has 0 aliphatic carbocycles. The van der Waals surface area contributed by atoms with Gasteiger partial charge in [0, 0.05) is 0 Å². The van der Waals surface area contributed by atoms with Crippen molar-refractivity contribution in [2.24, 2.45) is 5.73 Å². The van der Waals surface area contributed by atoms with E-state index in [9.17, 15) is 4.79 Å². The quantitative estimate of drug-likeness (QED) is 0.719. The number of benzene rings is 1. The number of rotatable bonds is 4. The number of hydrogen-bond donors (Lipinski definition) is 1. The topological polar surface area (TPSA) is 43.1 Å². The lowest BCUT2D eigenvalue weighted by Crippen LogP contribution is -2.21. The lowest BCUT2D eigenvalue weighted by atomic mass is 10.1. The lowest BCUT2D eigenvalue weighted by molar-refractivity contribution is 0.536. The molecule has 1 atom stereocenters. The van der Waals surface area contributed by atoms with Crippen LogP contribution in [0.15, 0.2) is 30.3 Å². The van der Waals surface area contributed by atoms with E-state index in [1.54, 1.807) is 6.29 Å². The van der Waals surface area contributed by atoms with Gasteiger partial charge in [-0.2, -0.15) is 0 Å². The molecular weight excluding hydrogens is 150 g/mol. The molecule has 63 valence electrons. The van der Waals surface area contributed by atoms with Crippen LogP contribution in [0.25, 0.3) is 0 Å². The molecule has 0 spiro atoms. The van der Waals surface area contributed by atoms with Crippen LogP contribution in [0.3, 0.4) is 0 Å². The molecule has 0 aromatic heterocycles. The van der Waals surface area contributed by atoms with Gasteiger partial charge < -0.3 is 5.73 Å². The minimum absolute atomic E-state index is 0.440. The minimum Gasteiger partial charge on any atom is -0.321 e. The molecule has 0 saturated heterocycles. The Kier molecular flexibility index (Phi) is 3.48. The summed E-state index contributed by atoms with van der Waals surface area (Å²) in [6.07, 6.45) is 3.28. The van der Waals surface area contributed by atoms with Crippen molar-refractivity contribution in [2.75, 3.05) is 0 Å². The van der Waals surface area contributed by atoms with Crippen LogP contribution in [0.4, 0.5) is 0 Å². The fourth-order valence-electron chi connectivity index (χ4n) is 1.03. The fourth-order valence-corrected chi connectivity index (χ4v) is 1.03. The Morgan fingerprint density at radius 1 is 1.33 bits per heavy atom. The smallest absolute Gasteiger partial charge is 0.216 e. The highest BCUT2D eigenvalue weighted by molar-refractivity contribution is 5.57. The van der Waals surface area contributed by atoms with Gasteiger partial charge in [0.2, 0.25) is 6.29 Å². The summed E-state index contributed by atoms with van der Waals surface area (Å²) in [7, 11) is 0. The summed E-state index contributed by atoms with van der Waals surface area (Å²) in [4.78, 5) is 10.1. The Bertz CT molecular complexity index is 233. The first-order valence-corrected chi connectivity index (χ1v) is 4.00. The van der Waals surface area contributed by atoms with Crippen LogP contribution in [0.5, 0.6) is 0 Å². The van der Waals surface area contributed by atoms with Crippen molar-refractivity contribution >= 4 is 6.29 Å². The molecule has 0 aliphatic rings. The highest BCUT2D eigenvalue weighted by atomic mass is 16.1. The van der Waals surface area contributed by atoms with Crippen molar-refractivity contribution in [1.29, 1.82) is 0 Å². The SMILES string of the molecule is NC([C]=O)CCc1ccccc1. The number of nitrogens with two attached hydrogens (primary N) is 1. The second-order valence-corrected chi connectivity index (χ2v) is 2.75. The van der Waals surface area contributed by atoms with Crippen molar-refractivity contribution in [1.82, 2.24) is 0 Å². The molecule has 1 rings (SSSR count). The normalized spacial score (nSPS) is 12.4. The van der Waals surface area contributed by atoms with Crippen LogP contribution in [0.1, 0.15) is 12.0 Å². The molecule has 2 nitrogen and oxygen atoms in total. The molecule has 1 radical (unpaired) electrons. The summed E-state index contributed by atoms with van der Waals surface area (Å²) in [5.41, 5.74) is 6.61. The molecule has 0 heterocycles. The first-order chi connectivity index (χ1) is 5.83. The van der Waals surface area contributed by atoms with Gasteiger partial charge in [-0.3, -0.25) is 4.79 Å². The zero-order valence-electron chi connectivity index (χ0n) is 6.86. The van der Waals surface area contributed by atoms with Crippen molar-refractivity contribution in [3.8, 4) is 0 Å². The summed E-state index contributed by atoms with van der Waals surface area (Å²) < 4.78 is 0. The predicted molar refractivity (Wildman–Crippen MR) is 48.4 cm³/mol. The average Bonchev–Trinajstić information content (AvgIpc) is 2.16. The van der Waals surface area contributed by atoms with Crippen LogP contribution >= 0.6 is 0 Å². The third-order valence-corrected chi connectivity index (χ3v) is 1.74. The Hall–Kier alpha value is -1.15. The van der Waals surface area contributed by atoms with Gasteiger partial charge in [0.15, 0.2) is 0 Å². The number of carbonyl (C=O) groups excluding carboxylic acids is 1. The Balaban J connectivity index is 2.38. The van der Waals surface area contributed by atoms with Crippen molar-refractivity contribution < 1.29 is 4.79 Å². The first kappa shape index (κ1) is 8.94. The molecule has 1 unspecified atom stereocenters. The molecule has 0 amide bonds. The second-order valence-electron chi connectivity index (χ2n) is 2.75. The van der Waals surface area contributed by atoms with Gasteiger partial charge in [-0.15, -0.1) is 0 Å². The van der Waals surface area contributed by atoms with E-state index >= 15 is 0 Å². The maximum atomic E-state index is 10.1. The number of aryl methyl sites for hydroxylation is 1. The molecule has 0 fully saturated rings. The van der Waals surface area contributed by atoms with Crippen LogP contribution < -0.4 is 5.73 Å². The zero-order chi connectivity index (χ0) is 8.81. The van der Waals surface area contributed by atoms with E-state index in [1.807, 2.05) is 30.3 Å². The Morgan fingerprint density at radius 2 is 2.00 bits per heavy atom. The number of hydrogen-bond acceptors (Lipinski definition) is 2. The Morgan fingerprint density at radius 3 is 2.58 bits per heavy atom. The molecule has 0 bridgehead atoms. The molecule has 1 aromatic carbocycles. The highest BCUT2D eigenvalue weighted by Crippen LogP contribution is 2.02. The van der Waals surface area contributed by atoms with E-state index in [4.69, 9.17) is 5.73 Å². The van der Waals surface area contributed by atoms with Crippen LogP contribution in [-0.4, -0.2) is 12.3 Å². The second kappa shape index (κ2) is 4.67. The summed E-state index contributed by atoms with van der Waals surface area (Å²) in [6, 6.07) is 9.53. The standard InChI is InChI=1S/C10H12NO/c11-10(8-12)7-6-9-4-2-1-3-5-9/h1-5,10H,6-7,11H2. The van der Waals surface area contributed by atoms with Crippen molar-refractivity contribution in [3.63, 3.8) is 0 Å². The summed E-state index contributed by atoms with van der Waals surface area (Å²) in [5, 5.41) is 0. The monoisotopic (exact) mass is 162 g/mol. The van der Waals surface area contributed by atoms with Crippen LogP contribution in [0, 0.1) is 0 Å². The van der Waals surface area contributed by atoms with E-state index in [0.717, 1.165) is 6.42 Å². The molecule has 2 heteroatoms. The molecular formula is C10H12NO. The van der Waals surface area contributed by atoms with Crippen LogP contribution in [-0.2, 0) is 11.2 Å². The van der Waals surface area contributed by atoms with E-state index in [2.05, 4.69) is 0 Å². The summed E-state index contributed by atoms with van der Waals surface area (Å²) >= 11 is 0. The van der Waals surface area contributed by atoms with Gasteiger partial charge in [0.25, 0.3) is 0 Å². The van der Waals surface area contributed by atoms with E-state index in [-0.39, 0.29) is 0 Å². The van der Waals surface area contributed by atoms with E-state index in [0.29, 0.717) is 6.42 Å². The minimum atomic E-state index is -0.440. The van der Waals surface area contributed by atoms with Gasteiger partial charge >= 0.3 is 0 Å². The van der Waals surface area contributed by atoms with Crippen LogP contribution in [0.2, 0.25) is 0 Å². The van der Waals surface area contributed by atoms with Crippen molar-refractivity contribution in [2.45, 2.75) is 18.9 Å². The van der Waals surface area contributed by atoms with Gasteiger partial charge in [-0.25, -0.2) is 0 Å². The molecule has 1 aromatic rings. The molecule has 12 heavy (non-hydrogen) atoms. The lowest BCUT2D eigenvalue weighted by Gasteiger charge is -2.02. The zero-order valence-corrected chi connectivity index (χ0v) is 6.86.